The van der Waals surface area contributed by atoms with Crippen LogP contribution in [0.5, 0.6) is 0 Å². The summed E-state index contributed by atoms with van der Waals surface area (Å²) in [7, 11) is 3.98. The molecule has 3 rings (SSSR count). The van der Waals surface area contributed by atoms with Crippen molar-refractivity contribution in [1.29, 1.82) is 0 Å². The molecule has 0 unspecified atom stereocenters. The van der Waals surface area contributed by atoms with Crippen LogP contribution < -0.4 is 15.5 Å². The number of rotatable bonds is 8. The number of pyridine rings is 1. The number of aromatic nitrogens is 1. The van der Waals surface area contributed by atoms with E-state index in [1.807, 2.05) is 38.4 Å². The number of carbonyl (C=O) groups excluding carboxylic acids is 2. The van der Waals surface area contributed by atoms with Crippen molar-refractivity contribution in [1.82, 2.24) is 15.2 Å². The molecule has 1 fully saturated rings. The smallest absolute Gasteiger partial charge is 0.269 e. The van der Waals surface area contributed by atoms with Crippen LogP contribution in [0.2, 0.25) is 0 Å². The van der Waals surface area contributed by atoms with E-state index in [2.05, 4.69) is 25.4 Å². The molecule has 0 saturated carbocycles. The third-order valence-electron chi connectivity index (χ3n) is 4.92. The molecule has 2 N–H and O–H groups in total. The topological polar surface area (TPSA) is 77.6 Å². The van der Waals surface area contributed by atoms with Gasteiger partial charge in [-0.3, -0.25) is 14.6 Å². The van der Waals surface area contributed by atoms with Crippen molar-refractivity contribution in [3.63, 3.8) is 0 Å². The van der Waals surface area contributed by atoms with Gasteiger partial charge in [0.05, 0.1) is 0 Å². The fourth-order valence-corrected chi connectivity index (χ4v) is 3.32. The zero-order chi connectivity index (χ0) is 20.6. The Bertz CT molecular complexity index is 829. The SMILES string of the molecule is CN(C)CCCNC(=O)c1cc(C(=O)Nc2ccc(N3CCCC3)cc2)ccn1. The maximum absolute atomic E-state index is 12.6. The Kier molecular flexibility index (Phi) is 7.19. The lowest BCUT2D eigenvalue weighted by Gasteiger charge is -2.17. The lowest BCUT2D eigenvalue weighted by molar-refractivity contribution is 0.0947. The Morgan fingerprint density at radius 3 is 2.48 bits per heavy atom. The molecule has 2 amide bonds. The average Bonchev–Trinajstić information content (AvgIpc) is 3.26. The van der Waals surface area contributed by atoms with Crippen LogP contribution in [0.15, 0.2) is 42.6 Å². The van der Waals surface area contributed by atoms with Crippen molar-refractivity contribution in [3.05, 3.63) is 53.9 Å². The van der Waals surface area contributed by atoms with Gasteiger partial charge >= 0.3 is 0 Å². The third-order valence-corrected chi connectivity index (χ3v) is 4.92. The van der Waals surface area contributed by atoms with Gasteiger partial charge in [0.15, 0.2) is 0 Å². The molecule has 0 radical (unpaired) electrons. The molecule has 29 heavy (non-hydrogen) atoms. The first-order valence-electron chi connectivity index (χ1n) is 10.1. The Morgan fingerprint density at radius 1 is 1.07 bits per heavy atom. The third kappa shape index (κ3) is 6.02. The van der Waals surface area contributed by atoms with Crippen molar-refractivity contribution in [2.24, 2.45) is 0 Å². The monoisotopic (exact) mass is 395 g/mol. The van der Waals surface area contributed by atoms with E-state index in [1.54, 1.807) is 6.07 Å². The predicted molar refractivity (Wildman–Crippen MR) is 116 cm³/mol. The average molecular weight is 396 g/mol. The molecule has 0 atom stereocenters. The van der Waals surface area contributed by atoms with Gasteiger partial charge in [0.1, 0.15) is 5.69 Å². The summed E-state index contributed by atoms with van der Waals surface area (Å²) >= 11 is 0. The second-order valence-electron chi connectivity index (χ2n) is 7.54. The van der Waals surface area contributed by atoms with E-state index < -0.39 is 0 Å². The molecule has 7 heteroatoms. The number of hydrogen-bond donors (Lipinski definition) is 2. The minimum atomic E-state index is -0.270. The Balaban J connectivity index is 1.56. The highest BCUT2D eigenvalue weighted by atomic mass is 16.2. The van der Waals surface area contributed by atoms with Crippen molar-refractivity contribution in [2.75, 3.05) is 50.5 Å². The molecule has 1 aromatic carbocycles. The Labute approximate surface area is 172 Å². The second-order valence-corrected chi connectivity index (χ2v) is 7.54. The van der Waals surface area contributed by atoms with Crippen LogP contribution in [0.25, 0.3) is 0 Å². The minimum Gasteiger partial charge on any atom is -0.372 e. The molecule has 1 aliphatic rings. The van der Waals surface area contributed by atoms with Crippen molar-refractivity contribution in [2.45, 2.75) is 19.3 Å². The summed E-state index contributed by atoms with van der Waals surface area (Å²) in [6, 6.07) is 11.0. The summed E-state index contributed by atoms with van der Waals surface area (Å²) in [5.41, 5.74) is 2.55. The maximum atomic E-state index is 12.6. The first-order chi connectivity index (χ1) is 14.0. The van der Waals surface area contributed by atoms with E-state index in [9.17, 15) is 9.59 Å². The molecule has 2 heterocycles. The number of carbonyl (C=O) groups is 2. The van der Waals surface area contributed by atoms with Crippen LogP contribution in [0.4, 0.5) is 11.4 Å². The highest BCUT2D eigenvalue weighted by Gasteiger charge is 2.14. The molecule has 154 valence electrons. The van der Waals surface area contributed by atoms with Crippen LogP contribution in [-0.2, 0) is 0 Å². The lowest BCUT2D eigenvalue weighted by Crippen LogP contribution is -2.28. The van der Waals surface area contributed by atoms with Crippen LogP contribution >= 0.6 is 0 Å². The highest BCUT2D eigenvalue weighted by molar-refractivity contribution is 6.05. The summed E-state index contributed by atoms with van der Waals surface area (Å²) in [6.45, 7) is 3.64. The van der Waals surface area contributed by atoms with E-state index in [0.717, 1.165) is 31.7 Å². The zero-order valence-corrected chi connectivity index (χ0v) is 17.1. The van der Waals surface area contributed by atoms with Gasteiger partial charge < -0.3 is 20.4 Å². The summed E-state index contributed by atoms with van der Waals surface area (Å²) < 4.78 is 0. The molecule has 0 spiro atoms. The van der Waals surface area contributed by atoms with Crippen LogP contribution in [0, 0.1) is 0 Å². The zero-order valence-electron chi connectivity index (χ0n) is 17.1. The maximum Gasteiger partial charge on any atom is 0.269 e. The van der Waals surface area contributed by atoms with Gasteiger partial charge in [-0.15, -0.1) is 0 Å². The van der Waals surface area contributed by atoms with E-state index in [0.29, 0.717) is 12.1 Å². The number of anilines is 2. The number of benzene rings is 1. The summed E-state index contributed by atoms with van der Waals surface area (Å²) in [5.74, 6) is -0.531. The highest BCUT2D eigenvalue weighted by Crippen LogP contribution is 2.22. The first-order valence-corrected chi connectivity index (χ1v) is 10.1. The van der Waals surface area contributed by atoms with Crippen molar-refractivity contribution in [3.8, 4) is 0 Å². The van der Waals surface area contributed by atoms with Crippen LogP contribution in [-0.4, -0.2) is 62.0 Å². The number of nitrogens with zero attached hydrogens (tertiary/aromatic N) is 3. The minimum absolute atomic E-state index is 0.242. The summed E-state index contributed by atoms with van der Waals surface area (Å²) in [5, 5.41) is 5.72. The first kappa shape index (κ1) is 20.8. The fourth-order valence-electron chi connectivity index (χ4n) is 3.32. The molecule has 1 aromatic heterocycles. The van der Waals surface area contributed by atoms with Crippen LogP contribution in [0.3, 0.4) is 0 Å². The summed E-state index contributed by atoms with van der Waals surface area (Å²) in [6.07, 6.45) is 4.80. The number of amides is 2. The number of nitrogens with one attached hydrogen (secondary N) is 2. The van der Waals surface area contributed by atoms with Crippen molar-refractivity contribution < 1.29 is 9.59 Å². The Morgan fingerprint density at radius 2 is 1.79 bits per heavy atom. The molecule has 1 aliphatic heterocycles. The van der Waals surface area contributed by atoms with Gasteiger partial charge in [0.2, 0.25) is 0 Å². The normalized spacial score (nSPS) is 13.6. The van der Waals surface area contributed by atoms with Gasteiger partial charge in [0.25, 0.3) is 11.8 Å². The van der Waals surface area contributed by atoms with E-state index in [4.69, 9.17) is 0 Å². The molecule has 2 aromatic rings. The van der Waals surface area contributed by atoms with Gasteiger partial charge in [-0.05, 0) is 76.3 Å². The standard InChI is InChI=1S/C22H29N5O2/c1-26(2)13-5-11-24-22(29)20-16-17(10-12-23-20)21(28)25-18-6-8-19(9-7-18)27-14-3-4-15-27/h6-10,12,16H,3-5,11,13-15H2,1-2H3,(H,24,29)(H,25,28). The van der Waals surface area contributed by atoms with E-state index in [1.165, 1.54) is 30.8 Å². The quantitative estimate of drug-likeness (QED) is 0.672. The molecule has 0 aliphatic carbocycles. The van der Waals surface area contributed by atoms with Gasteiger partial charge in [-0.25, -0.2) is 0 Å². The molecule has 7 nitrogen and oxygen atoms in total. The van der Waals surface area contributed by atoms with E-state index in [-0.39, 0.29) is 17.5 Å². The van der Waals surface area contributed by atoms with Gasteiger partial charge in [-0.2, -0.15) is 0 Å². The second kappa shape index (κ2) is 10.0. The molecule has 1 saturated heterocycles. The fraction of sp³-hybridized carbons (Fsp3) is 0.409. The number of hydrogen-bond acceptors (Lipinski definition) is 5. The van der Waals surface area contributed by atoms with Crippen LogP contribution in [0.1, 0.15) is 40.1 Å². The van der Waals surface area contributed by atoms with E-state index >= 15 is 0 Å². The Hall–Kier alpha value is -2.93. The molecular formula is C22H29N5O2. The summed E-state index contributed by atoms with van der Waals surface area (Å²) in [4.78, 5) is 33.3. The van der Waals surface area contributed by atoms with Gasteiger partial charge in [0, 0.05) is 42.8 Å². The molecular weight excluding hydrogens is 366 g/mol. The largest absolute Gasteiger partial charge is 0.372 e. The molecule has 0 bridgehead atoms. The lowest BCUT2D eigenvalue weighted by atomic mass is 10.2. The van der Waals surface area contributed by atoms with Gasteiger partial charge in [-0.1, -0.05) is 0 Å². The predicted octanol–water partition coefficient (Wildman–Crippen LogP) is 2.62. The van der Waals surface area contributed by atoms with Crippen molar-refractivity contribution >= 4 is 23.2 Å².